The number of aliphatic hydroxyl groups excluding tert-OH is 1. The lowest BCUT2D eigenvalue weighted by Gasteiger charge is -2.24. The lowest BCUT2D eigenvalue weighted by molar-refractivity contribution is -0.145. The van der Waals surface area contributed by atoms with Gasteiger partial charge in [-0.25, -0.2) is 4.98 Å². The van der Waals surface area contributed by atoms with Crippen molar-refractivity contribution in [1.82, 2.24) is 25.6 Å². The zero-order valence-electron chi connectivity index (χ0n) is 30.2. The van der Waals surface area contributed by atoms with Gasteiger partial charge in [0.05, 0.1) is 42.1 Å². The highest BCUT2D eigenvalue weighted by atomic mass is 35.5. The monoisotopic (exact) mass is 759 g/mol. The van der Waals surface area contributed by atoms with Crippen LogP contribution in [-0.4, -0.2) is 69.3 Å². The third kappa shape index (κ3) is 7.79. The van der Waals surface area contributed by atoms with E-state index >= 15 is 0 Å². The molecule has 2 aliphatic rings. The fourth-order valence-corrected chi connectivity index (χ4v) is 6.95. The van der Waals surface area contributed by atoms with E-state index in [-0.39, 0.29) is 25.1 Å². The van der Waals surface area contributed by atoms with Crippen LogP contribution in [0.1, 0.15) is 52.8 Å². The topological polar surface area (TPSA) is 184 Å². The van der Waals surface area contributed by atoms with Gasteiger partial charge >= 0.3 is 5.97 Å². The number of nitrogens with one attached hydrogen (secondary N) is 2. The van der Waals surface area contributed by atoms with Crippen molar-refractivity contribution in [2.75, 3.05) is 26.8 Å². The number of hydrogen-bond donors (Lipinski definition) is 4. The van der Waals surface area contributed by atoms with Crippen LogP contribution in [0, 0.1) is 11.3 Å². The minimum atomic E-state index is -1.58. The summed E-state index contributed by atoms with van der Waals surface area (Å²) >= 11 is 7.17. The van der Waals surface area contributed by atoms with Crippen LogP contribution in [0.4, 0.5) is 0 Å². The molecule has 1 aliphatic carbocycles. The number of benzene rings is 2. The fourth-order valence-electron chi connectivity index (χ4n) is 6.63. The van der Waals surface area contributed by atoms with Crippen molar-refractivity contribution < 1.29 is 29.2 Å². The lowest BCUT2D eigenvalue weighted by Crippen LogP contribution is -2.52. The molecule has 1 unspecified atom stereocenters. The first-order chi connectivity index (χ1) is 26.7. The summed E-state index contributed by atoms with van der Waals surface area (Å²) < 4.78 is 18.3. The Morgan fingerprint density at radius 1 is 1.05 bits per heavy atom. The summed E-state index contributed by atoms with van der Waals surface area (Å²) in [4.78, 5) is 29.9. The number of aliphatic imine (C=N–C) groups is 1. The molecule has 0 fully saturated rings. The maximum absolute atomic E-state index is 11.8. The number of amidine groups is 1. The van der Waals surface area contributed by atoms with Crippen molar-refractivity contribution >= 4 is 23.4 Å². The number of carbonyl (C=O) groups is 1. The van der Waals surface area contributed by atoms with Gasteiger partial charge in [-0.1, -0.05) is 48.0 Å². The Balaban J connectivity index is 1.15. The lowest BCUT2D eigenvalue weighted by atomic mass is 9.94. The van der Waals surface area contributed by atoms with Crippen LogP contribution in [0.3, 0.4) is 0 Å². The number of ether oxygens (including phenoxy) is 3. The van der Waals surface area contributed by atoms with E-state index in [0.29, 0.717) is 52.1 Å². The van der Waals surface area contributed by atoms with Crippen molar-refractivity contribution in [3.05, 3.63) is 118 Å². The molecule has 55 heavy (non-hydrogen) atoms. The Bertz CT molecular complexity index is 2330. The number of hydrogen-bond acceptors (Lipinski definition) is 12. The summed E-state index contributed by atoms with van der Waals surface area (Å²) in [7, 11) is 1.59. The summed E-state index contributed by atoms with van der Waals surface area (Å²) in [5, 5.41) is 35.5. The van der Waals surface area contributed by atoms with Gasteiger partial charge in [0.2, 0.25) is 17.6 Å². The summed E-state index contributed by atoms with van der Waals surface area (Å²) in [6.07, 6.45) is 4.18. The standard InChI is InChI=1S/C41H38ClN7O6/c1-41(23-50,40(51)52)47-21-26-9-14-35(49-38(26)54-22-25-17-24(18-43)19-44-20-25)55-34-13-11-28-27(5-3-6-29(28)34)30-7-4-8-31(36(30)42)33-12-10-32(39(48-33)53-2)37-45-15-16-46-37/h3-10,12,14,17,19-20,34,47,50H,11,13,15-16,21-23H2,1-2H3,(H,45,46)(H,51,52)/t34-,41?/m0/s1. The summed E-state index contributed by atoms with van der Waals surface area (Å²) in [5.74, 6) is 0.556. The Morgan fingerprint density at radius 2 is 1.87 bits per heavy atom. The predicted octanol–water partition coefficient (Wildman–Crippen LogP) is 5.66. The molecule has 7 rings (SSSR count). The second-order valence-electron chi connectivity index (χ2n) is 13.3. The Labute approximate surface area is 322 Å². The van der Waals surface area contributed by atoms with E-state index in [1.165, 1.54) is 13.1 Å². The van der Waals surface area contributed by atoms with Gasteiger partial charge in [0.1, 0.15) is 30.2 Å². The van der Waals surface area contributed by atoms with Crippen molar-refractivity contribution in [2.45, 2.75) is 44.6 Å². The smallest absolute Gasteiger partial charge is 0.326 e. The molecule has 13 nitrogen and oxygen atoms in total. The molecule has 3 aromatic heterocycles. The normalized spacial score (nSPS) is 15.6. The molecule has 0 bridgehead atoms. The summed E-state index contributed by atoms with van der Waals surface area (Å²) in [6, 6.07) is 23.1. The molecule has 0 radical (unpaired) electrons. The molecule has 1 aliphatic heterocycles. The Morgan fingerprint density at radius 3 is 2.64 bits per heavy atom. The summed E-state index contributed by atoms with van der Waals surface area (Å²) in [5.41, 5.74) is 6.28. The number of nitrogens with zero attached hydrogens (tertiary/aromatic N) is 5. The van der Waals surface area contributed by atoms with Crippen molar-refractivity contribution in [3.63, 3.8) is 0 Å². The zero-order valence-corrected chi connectivity index (χ0v) is 30.9. The zero-order chi connectivity index (χ0) is 38.5. The van der Waals surface area contributed by atoms with Gasteiger partial charge < -0.3 is 29.7 Å². The van der Waals surface area contributed by atoms with Crippen LogP contribution in [0.2, 0.25) is 5.02 Å². The number of aliphatic carboxylic acids is 1. The van der Waals surface area contributed by atoms with Crippen LogP contribution in [0.5, 0.6) is 17.6 Å². The Kier molecular flexibility index (Phi) is 10.9. The molecule has 2 atom stereocenters. The van der Waals surface area contributed by atoms with Gasteiger partial charge in [-0.05, 0) is 60.7 Å². The molecule has 280 valence electrons. The second kappa shape index (κ2) is 16.1. The molecule has 4 heterocycles. The number of aromatic nitrogens is 3. The van der Waals surface area contributed by atoms with Crippen LogP contribution in [-0.2, 0) is 24.4 Å². The van der Waals surface area contributed by atoms with Gasteiger partial charge in [-0.2, -0.15) is 10.2 Å². The number of halogens is 1. The number of fused-ring (bicyclic) bond motifs is 1. The molecule has 2 aromatic carbocycles. The molecule has 0 spiro atoms. The molecular formula is C41H38ClN7O6. The van der Waals surface area contributed by atoms with E-state index < -0.39 is 18.1 Å². The average Bonchev–Trinajstić information content (AvgIpc) is 3.90. The minimum Gasteiger partial charge on any atom is -0.480 e. The van der Waals surface area contributed by atoms with E-state index in [0.717, 1.165) is 52.2 Å². The highest BCUT2D eigenvalue weighted by Crippen LogP contribution is 2.44. The maximum Gasteiger partial charge on any atom is 0.326 e. The van der Waals surface area contributed by atoms with E-state index in [9.17, 15) is 20.3 Å². The fraction of sp³-hybridized carbons (Fsp3) is 0.268. The number of carboxylic acids is 1. The van der Waals surface area contributed by atoms with Gasteiger partial charge in [0, 0.05) is 53.8 Å². The van der Waals surface area contributed by atoms with Gasteiger partial charge in [0.25, 0.3) is 0 Å². The maximum atomic E-state index is 11.8. The third-order valence-electron chi connectivity index (χ3n) is 9.70. The SMILES string of the molecule is COc1nc(-c2cccc(-c3cccc4c3CC[C@@H]4Oc3ccc(CNC(C)(CO)C(=O)O)c(OCc4cncc(C#N)c4)n3)c2Cl)ccc1C1=NCCN1. The molecular weight excluding hydrogens is 722 g/mol. The van der Waals surface area contributed by atoms with Crippen LogP contribution >= 0.6 is 11.6 Å². The van der Waals surface area contributed by atoms with E-state index in [1.54, 1.807) is 31.5 Å². The number of aliphatic hydroxyl groups is 1. The molecule has 5 aromatic rings. The quantitative estimate of drug-likeness (QED) is 0.109. The average molecular weight is 760 g/mol. The minimum absolute atomic E-state index is 0.0385. The number of pyridine rings is 3. The first-order valence-electron chi connectivity index (χ1n) is 17.7. The number of nitriles is 1. The van der Waals surface area contributed by atoms with Gasteiger partial charge in [0.15, 0.2) is 0 Å². The number of methoxy groups -OCH3 is 1. The number of rotatable bonds is 14. The largest absolute Gasteiger partial charge is 0.480 e. The first kappa shape index (κ1) is 37.3. The Hall–Kier alpha value is -6.07. The predicted molar refractivity (Wildman–Crippen MR) is 205 cm³/mol. The second-order valence-corrected chi connectivity index (χ2v) is 13.7. The van der Waals surface area contributed by atoms with Crippen LogP contribution in [0.25, 0.3) is 22.4 Å². The molecule has 14 heteroatoms. The molecule has 0 amide bonds. The van der Waals surface area contributed by atoms with Crippen molar-refractivity contribution in [2.24, 2.45) is 4.99 Å². The first-order valence-corrected chi connectivity index (χ1v) is 18.1. The van der Waals surface area contributed by atoms with Gasteiger partial charge in [-0.3, -0.25) is 20.1 Å². The van der Waals surface area contributed by atoms with Crippen molar-refractivity contribution in [3.8, 4) is 46.1 Å². The van der Waals surface area contributed by atoms with Gasteiger partial charge in [-0.15, -0.1) is 0 Å². The van der Waals surface area contributed by atoms with E-state index in [4.69, 9.17) is 35.8 Å². The van der Waals surface area contributed by atoms with E-state index in [1.807, 2.05) is 42.5 Å². The summed E-state index contributed by atoms with van der Waals surface area (Å²) in [6.45, 7) is 2.35. The number of carboxylic acid groups (broad SMARTS) is 1. The third-order valence-corrected chi connectivity index (χ3v) is 10.1. The molecule has 4 N–H and O–H groups in total. The molecule has 0 saturated heterocycles. The van der Waals surface area contributed by atoms with Crippen LogP contribution in [0.15, 0.2) is 84.1 Å². The highest BCUT2D eigenvalue weighted by molar-refractivity contribution is 6.36. The highest BCUT2D eigenvalue weighted by Gasteiger charge is 2.32. The molecule has 0 saturated carbocycles. The van der Waals surface area contributed by atoms with Crippen LogP contribution < -0.4 is 24.8 Å². The van der Waals surface area contributed by atoms with E-state index in [2.05, 4.69) is 32.7 Å². The van der Waals surface area contributed by atoms with Crippen molar-refractivity contribution in [1.29, 1.82) is 5.26 Å².